The molecule has 0 bridgehead atoms. The topological polar surface area (TPSA) is 50.7 Å². The molecule has 0 aliphatic carbocycles. The highest BCUT2D eigenvalue weighted by Crippen LogP contribution is 2.40. The van der Waals surface area contributed by atoms with Crippen LogP contribution in [-0.2, 0) is 7.59 Å². The molecule has 4 nitrogen and oxygen atoms in total. The van der Waals surface area contributed by atoms with E-state index in [4.69, 9.17) is 92.8 Å². The van der Waals surface area contributed by atoms with Gasteiger partial charge in [-0.25, -0.2) is 4.98 Å². The zero-order valence-electron chi connectivity index (χ0n) is 10.6. The quantitative estimate of drug-likeness (QED) is 0.499. The number of aromatic nitrogens is 3. The molecule has 1 aromatic carbocycles. The third kappa shape index (κ3) is 5.41. The number of rotatable bonds is 2. The van der Waals surface area contributed by atoms with E-state index in [2.05, 4.69) is 20.3 Å². The predicted molar refractivity (Wildman–Crippen MR) is 98.0 cm³/mol. The van der Waals surface area contributed by atoms with Crippen LogP contribution in [0.4, 0.5) is 11.6 Å². The van der Waals surface area contributed by atoms with Crippen LogP contribution in [0.5, 0.6) is 0 Å². The molecule has 2 rings (SSSR count). The molecule has 0 unspecified atom stereocenters. The van der Waals surface area contributed by atoms with Gasteiger partial charge in [-0.3, -0.25) is 0 Å². The van der Waals surface area contributed by atoms with Gasteiger partial charge in [-0.1, -0.05) is 92.8 Å². The minimum absolute atomic E-state index is 0.000962. The Morgan fingerprint density at radius 1 is 0.739 bits per heavy atom. The Hall–Kier alpha value is 0.350. The minimum Gasteiger partial charge on any atom is -0.324 e. The van der Waals surface area contributed by atoms with Crippen molar-refractivity contribution in [1.29, 1.82) is 0 Å². The van der Waals surface area contributed by atoms with E-state index < -0.39 is 7.59 Å². The molecule has 0 spiro atoms. The summed E-state index contributed by atoms with van der Waals surface area (Å²) in [5.41, 5.74) is 0.524. The molecule has 0 saturated heterocycles. The summed E-state index contributed by atoms with van der Waals surface area (Å²) in [6, 6.07) is 4.78. The van der Waals surface area contributed by atoms with Gasteiger partial charge < -0.3 is 5.32 Å². The van der Waals surface area contributed by atoms with E-state index in [-0.39, 0.29) is 17.6 Å². The van der Waals surface area contributed by atoms with E-state index in [0.29, 0.717) is 15.7 Å². The monoisotopic (exact) mass is 472 g/mol. The van der Waals surface area contributed by atoms with Crippen molar-refractivity contribution < 1.29 is 0 Å². The molecule has 23 heavy (non-hydrogen) atoms. The zero-order chi connectivity index (χ0) is 17.4. The van der Waals surface area contributed by atoms with Crippen LogP contribution in [0.3, 0.4) is 0 Å². The first-order valence-corrected chi connectivity index (χ1v) is 8.62. The van der Waals surface area contributed by atoms with Crippen LogP contribution >= 0.6 is 92.8 Å². The molecule has 2 aromatic rings. The number of anilines is 2. The lowest BCUT2D eigenvalue weighted by atomic mass is 10.3. The van der Waals surface area contributed by atoms with E-state index in [1.54, 1.807) is 18.2 Å². The average Bonchev–Trinajstić information content (AvgIpc) is 2.41. The Labute approximate surface area is 171 Å². The summed E-state index contributed by atoms with van der Waals surface area (Å²) in [7, 11) is 0. The Morgan fingerprint density at radius 2 is 1.26 bits per heavy atom. The fourth-order valence-electron chi connectivity index (χ4n) is 1.39. The highest BCUT2D eigenvalue weighted by molar-refractivity contribution is 6.67. The lowest BCUT2D eigenvalue weighted by Gasteiger charge is -2.16. The fraction of sp³-hybridized carbons (Fsp3) is 0.182. The van der Waals surface area contributed by atoms with Gasteiger partial charge in [-0.05, 0) is 18.2 Å². The van der Waals surface area contributed by atoms with Crippen molar-refractivity contribution in [2.24, 2.45) is 0 Å². The number of nitrogens with zero attached hydrogens (tertiary/aromatic N) is 3. The molecule has 0 aliphatic rings. The second-order valence-electron chi connectivity index (χ2n) is 4.06. The lowest BCUT2D eigenvalue weighted by Crippen LogP contribution is -2.17. The zero-order valence-corrected chi connectivity index (χ0v) is 16.6. The predicted octanol–water partition coefficient (Wildman–Crippen LogP) is 6.58. The molecule has 0 atom stereocenters. The van der Waals surface area contributed by atoms with Crippen LogP contribution in [0.2, 0.25) is 10.0 Å². The van der Waals surface area contributed by atoms with Crippen molar-refractivity contribution in [1.82, 2.24) is 15.0 Å². The van der Waals surface area contributed by atoms with Crippen LogP contribution in [-0.4, -0.2) is 15.0 Å². The highest BCUT2D eigenvalue weighted by Gasteiger charge is 2.33. The maximum absolute atomic E-state index is 5.94. The van der Waals surface area contributed by atoms with Crippen molar-refractivity contribution in [2.75, 3.05) is 5.32 Å². The number of benzene rings is 1. The number of halogens is 8. The highest BCUT2D eigenvalue weighted by atomic mass is 35.6. The van der Waals surface area contributed by atoms with Gasteiger partial charge in [0.05, 0.1) is 10.0 Å². The van der Waals surface area contributed by atoms with Crippen LogP contribution in [0.1, 0.15) is 11.6 Å². The Kier molecular flexibility index (Phi) is 6.25. The van der Waals surface area contributed by atoms with Crippen LogP contribution in [0, 0.1) is 0 Å². The van der Waals surface area contributed by atoms with E-state index in [0.717, 1.165) is 0 Å². The van der Waals surface area contributed by atoms with Crippen LogP contribution in [0.15, 0.2) is 18.2 Å². The summed E-state index contributed by atoms with van der Waals surface area (Å²) in [6.07, 6.45) is 0. The molecular weight excluding hydrogens is 472 g/mol. The Bertz CT molecular complexity index is 693. The number of hydrogen-bond acceptors (Lipinski definition) is 4. The van der Waals surface area contributed by atoms with Crippen LogP contribution < -0.4 is 5.32 Å². The van der Waals surface area contributed by atoms with Crippen molar-refractivity contribution in [3.63, 3.8) is 0 Å². The molecule has 0 amide bonds. The van der Waals surface area contributed by atoms with Crippen molar-refractivity contribution in [3.05, 3.63) is 39.9 Å². The SMILES string of the molecule is Clc1ccc(Nc2nc(C(Cl)(Cl)Cl)nc(C(Cl)(Cl)Cl)n2)cc1Cl. The molecule has 1 N–H and O–H groups in total. The molecule has 12 heteroatoms. The standard InChI is InChI=1S/C11H4Cl8N4/c12-5-2-1-4(3-6(5)13)20-9-22-7(10(14,15)16)21-8(23-9)11(17,18)19/h1-3H,(H,20,21,22,23). The summed E-state index contributed by atoms with van der Waals surface area (Å²) in [5, 5.41) is 3.55. The van der Waals surface area contributed by atoms with Gasteiger partial charge >= 0.3 is 0 Å². The Balaban J connectivity index is 2.46. The molecule has 124 valence electrons. The molecule has 0 fully saturated rings. The molecule has 0 aliphatic heterocycles. The molecule has 0 saturated carbocycles. The summed E-state index contributed by atoms with van der Waals surface area (Å²) < 4.78 is -3.86. The molecule has 1 heterocycles. The first kappa shape index (κ1) is 19.7. The second kappa shape index (κ2) is 7.30. The average molecular weight is 476 g/mol. The van der Waals surface area contributed by atoms with E-state index in [1.165, 1.54) is 0 Å². The Morgan fingerprint density at radius 3 is 1.70 bits per heavy atom. The molecule has 0 radical (unpaired) electrons. The van der Waals surface area contributed by atoms with E-state index >= 15 is 0 Å². The van der Waals surface area contributed by atoms with E-state index in [1.807, 2.05) is 0 Å². The first-order valence-electron chi connectivity index (χ1n) is 5.59. The summed E-state index contributed by atoms with van der Waals surface area (Å²) >= 11 is 46.5. The third-order valence-corrected chi connectivity index (χ3v) is 4.07. The largest absolute Gasteiger partial charge is 0.324 e. The second-order valence-corrected chi connectivity index (χ2v) is 9.43. The maximum Gasteiger partial charge on any atom is 0.250 e. The lowest BCUT2D eigenvalue weighted by molar-refractivity contribution is 0.851. The van der Waals surface area contributed by atoms with Gasteiger partial charge in [0.2, 0.25) is 13.5 Å². The summed E-state index contributed by atoms with van der Waals surface area (Å²) in [6.45, 7) is 0. The van der Waals surface area contributed by atoms with Gasteiger partial charge in [0.15, 0.2) is 11.6 Å². The van der Waals surface area contributed by atoms with Gasteiger partial charge in [0.25, 0.3) is 0 Å². The smallest absolute Gasteiger partial charge is 0.250 e. The molecular formula is C11H4Cl8N4. The number of alkyl halides is 6. The first-order chi connectivity index (χ1) is 10.5. The van der Waals surface area contributed by atoms with Gasteiger partial charge in [0.1, 0.15) is 0 Å². The van der Waals surface area contributed by atoms with Crippen molar-refractivity contribution in [2.45, 2.75) is 7.59 Å². The van der Waals surface area contributed by atoms with Gasteiger partial charge in [-0.2, -0.15) is 9.97 Å². The maximum atomic E-state index is 5.94. The van der Waals surface area contributed by atoms with Crippen LogP contribution in [0.25, 0.3) is 0 Å². The third-order valence-electron chi connectivity index (χ3n) is 2.32. The summed E-state index contributed by atoms with van der Waals surface area (Å²) in [5.74, 6) is -0.413. The minimum atomic E-state index is -1.93. The van der Waals surface area contributed by atoms with E-state index in [9.17, 15) is 0 Å². The number of hydrogen-bond donors (Lipinski definition) is 1. The van der Waals surface area contributed by atoms with Gasteiger partial charge in [0, 0.05) is 5.69 Å². The number of nitrogens with one attached hydrogen (secondary N) is 1. The van der Waals surface area contributed by atoms with Crippen molar-refractivity contribution in [3.8, 4) is 0 Å². The molecule has 1 aromatic heterocycles. The van der Waals surface area contributed by atoms with Crippen molar-refractivity contribution >= 4 is 104 Å². The summed E-state index contributed by atoms with van der Waals surface area (Å²) in [4.78, 5) is 11.8. The fourth-order valence-corrected chi connectivity index (χ4v) is 2.19. The normalized spacial score (nSPS) is 12.3. The van der Waals surface area contributed by atoms with Gasteiger partial charge in [-0.15, -0.1) is 0 Å².